The highest BCUT2D eigenvalue weighted by atomic mass is 16.4. The van der Waals surface area contributed by atoms with Gasteiger partial charge in [-0.15, -0.1) is 0 Å². The van der Waals surface area contributed by atoms with E-state index in [-0.39, 0.29) is 0 Å². The first-order chi connectivity index (χ1) is 10.7. The molecule has 3 nitrogen and oxygen atoms in total. The number of hydrogen-bond acceptors (Lipinski definition) is 2. The molecule has 3 heteroatoms. The zero-order chi connectivity index (χ0) is 15.4. The molecule has 0 aliphatic heterocycles. The van der Waals surface area contributed by atoms with Gasteiger partial charge in [0.1, 0.15) is 6.04 Å². The van der Waals surface area contributed by atoms with Crippen molar-refractivity contribution in [1.82, 2.24) is 5.32 Å². The van der Waals surface area contributed by atoms with E-state index in [0.29, 0.717) is 6.54 Å². The smallest absolute Gasteiger partial charge is 0.325 e. The molecule has 0 unspecified atom stereocenters. The van der Waals surface area contributed by atoms with Gasteiger partial charge >= 0.3 is 5.97 Å². The molecule has 0 heterocycles. The maximum Gasteiger partial charge on any atom is 0.325 e. The van der Waals surface area contributed by atoms with Crippen molar-refractivity contribution in [2.75, 3.05) is 0 Å². The van der Waals surface area contributed by atoms with Crippen molar-refractivity contribution >= 4 is 5.97 Å². The molecule has 1 aliphatic carbocycles. The summed E-state index contributed by atoms with van der Waals surface area (Å²) in [6.07, 6.45) is 3.94. The fourth-order valence-electron chi connectivity index (χ4n) is 2.86. The Bertz CT molecular complexity index is 618. The molecule has 2 aromatic rings. The van der Waals surface area contributed by atoms with Gasteiger partial charge in [-0.2, -0.15) is 0 Å². The zero-order valence-corrected chi connectivity index (χ0v) is 12.5. The third-order valence-corrected chi connectivity index (χ3v) is 4.45. The average Bonchev–Trinajstić information content (AvgIpc) is 2.48. The summed E-state index contributed by atoms with van der Waals surface area (Å²) in [5.41, 5.74) is 3.30. The van der Waals surface area contributed by atoms with Crippen LogP contribution in [0.5, 0.6) is 0 Å². The summed E-state index contributed by atoms with van der Waals surface area (Å²) in [4.78, 5) is 11.4. The summed E-state index contributed by atoms with van der Waals surface area (Å²) in [5, 5.41) is 12.5. The third-order valence-electron chi connectivity index (χ3n) is 4.45. The van der Waals surface area contributed by atoms with Gasteiger partial charge in [0.25, 0.3) is 0 Å². The minimum absolute atomic E-state index is 0.552. The monoisotopic (exact) mass is 295 g/mol. The Balaban J connectivity index is 1.63. The number of carboxylic acids is 1. The van der Waals surface area contributed by atoms with Gasteiger partial charge in [0, 0.05) is 6.54 Å². The van der Waals surface area contributed by atoms with Crippen LogP contribution in [0.15, 0.2) is 54.6 Å². The zero-order valence-electron chi connectivity index (χ0n) is 12.5. The molecule has 2 aromatic carbocycles. The standard InChI is InChI=1S/C19H21NO2/c21-19(22)18(17-5-2-1-3-6-17)20-13-14-9-11-16(12-10-14)15-7-4-8-15/h1-3,5-6,9-12,15,18,20H,4,7-8,13H2,(H,21,22)/t18-/m0/s1. The van der Waals surface area contributed by atoms with Crippen LogP contribution in [-0.2, 0) is 11.3 Å². The third kappa shape index (κ3) is 3.37. The van der Waals surface area contributed by atoms with E-state index in [0.717, 1.165) is 17.0 Å². The van der Waals surface area contributed by atoms with Gasteiger partial charge in [0.05, 0.1) is 0 Å². The molecule has 1 atom stereocenters. The van der Waals surface area contributed by atoms with Gasteiger partial charge in [-0.05, 0) is 35.4 Å². The lowest BCUT2D eigenvalue weighted by atomic mass is 9.80. The van der Waals surface area contributed by atoms with E-state index in [1.54, 1.807) is 0 Å². The Labute approximate surface area is 131 Å². The predicted molar refractivity (Wildman–Crippen MR) is 86.7 cm³/mol. The van der Waals surface area contributed by atoms with Gasteiger partial charge < -0.3 is 5.11 Å². The number of carboxylic acid groups (broad SMARTS) is 1. The lowest BCUT2D eigenvalue weighted by Crippen LogP contribution is -2.28. The van der Waals surface area contributed by atoms with Crippen molar-refractivity contribution in [3.8, 4) is 0 Å². The highest BCUT2D eigenvalue weighted by molar-refractivity contribution is 5.75. The lowest BCUT2D eigenvalue weighted by molar-refractivity contribution is -0.139. The van der Waals surface area contributed by atoms with E-state index in [1.807, 2.05) is 30.3 Å². The second-order valence-corrected chi connectivity index (χ2v) is 5.93. The number of aliphatic carboxylic acids is 1. The molecule has 3 rings (SSSR count). The summed E-state index contributed by atoms with van der Waals surface area (Å²) < 4.78 is 0. The van der Waals surface area contributed by atoms with Gasteiger partial charge in [0.15, 0.2) is 0 Å². The Morgan fingerprint density at radius 3 is 2.32 bits per heavy atom. The largest absolute Gasteiger partial charge is 0.480 e. The fraction of sp³-hybridized carbons (Fsp3) is 0.316. The van der Waals surface area contributed by atoms with Crippen LogP contribution in [-0.4, -0.2) is 11.1 Å². The Morgan fingerprint density at radius 1 is 1.09 bits per heavy atom. The SMILES string of the molecule is O=C(O)[C@@H](NCc1ccc(C2CCC2)cc1)c1ccccc1. The Hall–Kier alpha value is -2.13. The van der Waals surface area contributed by atoms with E-state index in [1.165, 1.54) is 24.8 Å². The van der Waals surface area contributed by atoms with Gasteiger partial charge in [-0.3, -0.25) is 10.1 Å². The van der Waals surface area contributed by atoms with Crippen LogP contribution in [0.4, 0.5) is 0 Å². The van der Waals surface area contributed by atoms with E-state index in [4.69, 9.17) is 0 Å². The summed E-state index contributed by atoms with van der Waals surface area (Å²) in [5.74, 6) is -0.115. The normalized spacial score (nSPS) is 16.0. The molecule has 22 heavy (non-hydrogen) atoms. The molecule has 114 valence electrons. The molecule has 1 aliphatic rings. The molecule has 0 radical (unpaired) electrons. The van der Waals surface area contributed by atoms with Gasteiger partial charge in [-0.25, -0.2) is 0 Å². The van der Waals surface area contributed by atoms with Crippen LogP contribution in [0.3, 0.4) is 0 Å². The molecule has 0 saturated heterocycles. The molecular formula is C19H21NO2. The van der Waals surface area contributed by atoms with Crippen molar-refractivity contribution in [3.05, 3.63) is 71.3 Å². The number of hydrogen-bond donors (Lipinski definition) is 2. The number of benzene rings is 2. The molecule has 2 N–H and O–H groups in total. The molecule has 1 fully saturated rings. The van der Waals surface area contributed by atoms with Crippen LogP contribution in [0.25, 0.3) is 0 Å². The first-order valence-corrected chi connectivity index (χ1v) is 7.84. The minimum atomic E-state index is -0.850. The topological polar surface area (TPSA) is 49.3 Å². The Kier molecular flexibility index (Phi) is 4.54. The highest BCUT2D eigenvalue weighted by Crippen LogP contribution is 2.36. The fourth-order valence-corrected chi connectivity index (χ4v) is 2.86. The van der Waals surface area contributed by atoms with Crippen LogP contribution in [0, 0.1) is 0 Å². The summed E-state index contributed by atoms with van der Waals surface area (Å²) in [6, 6.07) is 17.2. The number of rotatable bonds is 6. The second-order valence-electron chi connectivity index (χ2n) is 5.93. The minimum Gasteiger partial charge on any atom is -0.480 e. The van der Waals surface area contributed by atoms with E-state index < -0.39 is 12.0 Å². The first-order valence-electron chi connectivity index (χ1n) is 7.84. The summed E-state index contributed by atoms with van der Waals surface area (Å²) >= 11 is 0. The predicted octanol–water partition coefficient (Wildman–Crippen LogP) is 3.87. The van der Waals surface area contributed by atoms with Gasteiger partial charge in [-0.1, -0.05) is 61.0 Å². The molecule has 0 spiro atoms. The van der Waals surface area contributed by atoms with Crippen LogP contribution < -0.4 is 5.32 Å². The number of nitrogens with one attached hydrogen (secondary N) is 1. The quantitative estimate of drug-likeness (QED) is 0.850. The average molecular weight is 295 g/mol. The van der Waals surface area contributed by atoms with Gasteiger partial charge in [0.2, 0.25) is 0 Å². The van der Waals surface area contributed by atoms with Crippen molar-refractivity contribution in [1.29, 1.82) is 0 Å². The van der Waals surface area contributed by atoms with E-state index >= 15 is 0 Å². The van der Waals surface area contributed by atoms with Crippen LogP contribution in [0.1, 0.15) is 47.9 Å². The number of carbonyl (C=O) groups is 1. The molecule has 0 amide bonds. The highest BCUT2D eigenvalue weighted by Gasteiger charge is 2.20. The lowest BCUT2D eigenvalue weighted by Gasteiger charge is -2.25. The maximum atomic E-state index is 11.4. The van der Waals surface area contributed by atoms with Crippen molar-refractivity contribution in [2.24, 2.45) is 0 Å². The molecular weight excluding hydrogens is 274 g/mol. The molecule has 0 aromatic heterocycles. The van der Waals surface area contributed by atoms with E-state index in [9.17, 15) is 9.90 Å². The maximum absolute atomic E-state index is 11.4. The molecule has 1 saturated carbocycles. The van der Waals surface area contributed by atoms with E-state index in [2.05, 4.69) is 29.6 Å². The summed E-state index contributed by atoms with van der Waals surface area (Å²) in [6.45, 7) is 0.552. The van der Waals surface area contributed by atoms with Crippen LogP contribution in [0.2, 0.25) is 0 Å². The van der Waals surface area contributed by atoms with Crippen molar-refractivity contribution in [3.63, 3.8) is 0 Å². The Morgan fingerprint density at radius 2 is 1.77 bits per heavy atom. The first kappa shape index (κ1) is 14.8. The van der Waals surface area contributed by atoms with Crippen molar-refractivity contribution < 1.29 is 9.90 Å². The summed E-state index contributed by atoms with van der Waals surface area (Å²) in [7, 11) is 0. The van der Waals surface area contributed by atoms with Crippen LogP contribution >= 0.6 is 0 Å². The second kappa shape index (κ2) is 6.75. The molecule has 0 bridgehead atoms. The van der Waals surface area contributed by atoms with Crippen molar-refractivity contribution in [2.45, 2.75) is 37.8 Å².